The molecule has 0 atom stereocenters. The highest BCUT2D eigenvalue weighted by molar-refractivity contribution is 6.32. The fraction of sp³-hybridized carbons (Fsp3) is 0.385. The smallest absolute Gasteiger partial charge is 0.123 e. The molecule has 0 unspecified atom stereocenters. The van der Waals surface area contributed by atoms with Crippen LogP contribution in [0.4, 0.5) is 8.78 Å². The van der Waals surface area contributed by atoms with Crippen molar-refractivity contribution in [1.82, 2.24) is 4.90 Å². The summed E-state index contributed by atoms with van der Waals surface area (Å²) in [4.78, 5) is 1.54. The molecule has 1 aliphatic carbocycles. The van der Waals surface area contributed by atoms with Crippen molar-refractivity contribution in [3.05, 3.63) is 44.3 Å². The van der Waals surface area contributed by atoms with Gasteiger partial charge in [0.2, 0.25) is 0 Å². The van der Waals surface area contributed by atoms with Crippen molar-refractivity contribution in [2.75, 3.05) is 19.6 Å². The molecule has 0 radical (unpaired) electrons. The summed E-state index contributed by atoms with van der Waals surface area (Å²) in [7, 11) is 0. The van der Waals surface area contributed by atoms with Crippen molar-refractivity contribution in [1.29, 1.82) is 0 Å². The largest absolute Gasteiger partial charge is 0.389 e. The van der Waals surface area contributed by atoms with E-state index in [1.807, 2.05) is 0 Å². The van der Waals surface area contributed by atoms with E-state index < -0.39 is 11.7 Å². The van der Waals surface area contributed by atoms with Gasteiger partial charge in [0, 0.05) is 38.0 Å². The Morgan fingerprint density at radius 3 is 2.27 bits per heavy atom. The van der Waals surface area contributed by atoms with Gasteiger partial charge in [0.15, 0.2) is 0 Å². The second-order valence-corrected chi connectivity index (χ2v) is 5.80. The molecule has 0 bridgehead atoms. The van der Waals surface area contributed by atoms with Gasteiger partial charge in [-0.05, 0) is 6.08 Å². The maximum atomic E-state index is 14.0. The summed E-state index contributed by atoms with van der Waals surface area (Å²) in [6.07, 6.45) is 1.21. The molecule has 1 aliphatic rings. The molecule has 22 heavy (non-hydrogen) atoms. The molecule has 0 spiro atoms. The lowest BCUT2D eigenvalue weighted by Gasteiger charge is -2.28. The first-order valence-corrected chi connectivity index (χ1v) is 7.56. The van der Waals surface area contributed by atoms with E-state index in [-0.39, 0.29) is 59.1 Å². The zero-order chi connectivity index (χ0) is 16.9. The highest BCUT2D eigenvalue weighted by Gasteiger charge is 2.24. The quantitative estimate of drug-likeness (QED) is 0.493. The molecule has 0 aliphatic heterocycles. The molecule has 1 rings (SSSR count). The van der Waals surface area contributed by atoms with Gasteiger partial charge in [0.05, 0.1) is 10.7 Å². The van der Waals surface area contributed by atoms with E-state index in [4.69, 9.17) is 52.0 Å². The van der Waals surface area contributed by atoms with Gasteiger partial charge in [-0.2, -0.15) is 0 Å². The molecule has 0 saturated heterocycles. The van der Waals surface area contributed by atoms with Gasteiger partial charge >= 0.3 is 0 Å². The van der Waals surface area contributed by atoms with Crippen LogP contribution >= 0.6 is 34.8 Å². The Hall–Kier alpha value is -0.950. The first-order chi connectivity index (χ1) is 10.3. The van der Waals surface area contributed by atoms with E-state index in [1.165, 1.54) is 11.0 Å². The van der Waals surface area contributed by atoms with Crippen molar-refractivity contribution in [3.8, 4) is 0 Å². The van der Waals surface area contributed by atoms with Crippen LogP contribution in [0.3, 0.4) is 0 Å². The predicted octanol–water partition coefficient (Wildman–Crippen LogP) is 3.09. The molecule has 0 aromatic rings. The van der Waals surface area contributed by atoms with Crippen LogP contribution in [0.2, 0.25) is 0 Å². The Kier molecular flexibility index (Phi) is 7.48. The Morgan fingerprint density at radius 2 is 1.77 bits per heavy atom. The van der Waals surface area contributed by atoms with E-state index in [0.717, 1.165) is 0 Å². The summed E-state index contributed by atoms with van der Waals surface area (Å²) in [6.45, 7) is 0.438. The SMILES string of the molecule is NCCN(CC1=C(F)CCC(F)=C1Cl)C(/C=C(\N)Cl)=C(/N)Cl. The number of nitrogens with zero attached hydrogens (tertiary/aromatic N) is 1. The third-order valence-electron chi connectivity index (χ3n) is 3.00. The van der Waals surface area contributed by atoms with Gasteiger partial charge in [-0.25, -0.2) is 8.78 Å². The molecular formula is C13H17Cl3F2N4. The summed E-state index contributed by atoms with van der Waals surface area (Å²) in [5.74, 6) is -1.04. The van der Waals surface area contributed by atoms with E-state index in [0.29, 0.717) is 0 Å². The zero-order valence-electron chi connectivity index (χ0n) is 11.7. The molecule has 0 saturated carbocycles. The van der Waals surface area contributed by atoms with Crippen LogP contribution in [0.25, 0.3) is 0 Å². The summed E-state index contributed by atoms with van der Waals surface area (Å²) >= 11 is 17.3. The van der Waals surface area contributed by atoms with Gasteiger partial charge in [0.1, 0.15) is 22.0 Å². The van der Waals surface area contributed by atoms with Gasteiger partial charge in [-0.15, -0.1) is 0 Å². The Balaban J connectivity index is 3.17. The Bertz CT molecular complexity index is 547. The van der Waals surface area contributed by atoms with Crippen molar-refractivity contribution < 1.29 is 8.78 Å². The molecule has 0 amide bonds. The fourth-order valence-corrected chi connectivity index (χ4v) is 2.53. The number of hydrogen-bond acceptors (Lipinski definition) is 4. The lowest BCUT2D eigenvalue weighted by atomic mass is 10.0. The first-order valence-electron chi connectivity index (χ1n) is 6.42. The van der Waals surface area contributed by atoms with Crippen LogP contribution in [0, 0.1) is 0 Å². The Morgan fingerprint density at radius 1 is 1.18 bits per heavy atom. The number of halogens is 5. The summed E-state index contributed by atoms with van der Waals surface area (Å²) in [5, 5.41) is -0.401. The van der Waals surface area contributed by atoms with Crippen molar-refractivity contribution in [3.63, 3.8) is 0 Å². The minimum Gasteiger partial charge on any atom is -0.389 e. The lowest BCUT2D eigenvalue weighted by molar-refractivity contribution is 0.382. The van der Waals surface area contributed by atoms with E-state index >= 15 is 0 Å². The first kappa shape index (κ1) is 19.1. The van der Waals surface area contributed by atoms with E-state index in [9.17, 15) is 8.78 Å². The van der Waals surface area contributed by atoms with Crippen LogP contribution in [0.15, 0.2) is 44.3 Å². The molecule has 9 heteroatoms. The number of nitrogens with two attached hydrogens (primary N) is 3. The number of rotatable bonds is 6. The maximum absolute atomic E-state index is 14.0. The van der Waals surface area contributed by atoms with Gasteiger partial charge in [-0.1, -0.05) is 34.8 Å². The Labute approximate surface area is 142 Å². The van der Waals surface area contributed by atoms with Crippen LogP contribution in [0.1, 0.15) is 12.8 Å². The summed E-state index contributed by atoms with van der Waals surface area (Å²) < 4.78 is 27.6. The highest BCUT2D eigenvalue weighted by Crippen LogP contribution is 2.35. The van der Waals surface area contributed by atoms with Crippen LogP contribution in [-0.2, 0) is 0 Å². The topological polar surface area (TPSA) is 81.3 Å². The molecule has 0 heterocycles. The molecule has 4 nitrogen and oxygen atoms in total. The zero-order valence-corrected chi connectivity index (χ0v) is 13.9. The lowest BCUT2D eigenvalue weighted by Crippen LogP contribution is -2.32. The molecule has 124 valence electrons. The average molecular weight is 374 g/mol. The van der Waals surface area contributed by atoms with Gasteiger partial charge < -0.3 is 22.1 Å². The third kappa shape index (κ3) is 5.05. The monoisotopic (exact) mass is 372 g/mol. The third-order valence-corrected chi connectivity index (χ3v) is 3.74. The van der Waals surface area contributed by atoms with Crippen molar-refractivity contribution in [2.45, 2.75) is 12.8 Å². The summed E-state index contributed by atoms with van der Waals surface area (Å²) in [6, 6.07) is 0. The van der Waals surface area contributed by atoms with Crippen molar-refractivity contribution in [2.24, 2.45) is 17.2 Å². The molecule has 0 fully saturated rings. The fourth-order valence-electron chi connectivity index (χ4n) is 1.99. The van der Waals surface area contributed by atoms with E-state index in [2.05, 4.69) is 0 Å². The average Bonchev–Trinajstić information content (AvgIpc) is 2.43. The van der Waals surface area contributed by atoms with Crippen molar-refractivity contribution >= 4 is 34.8 Å². The molecule has 0 aromatic heterocycles. The maximum Gasteiger partial charge on any atom is 0.123 e. The van der Waals surface area contributed by atoms with Crippen LogP contribution in [0.5, 0.6) is 0 Å². The second-order valence-electron chi connectivity index (χ2n) is 4.57. The van der Waals surface area contributed by atoms with E-state index in [1.54, 1.807) is 0 Å². The molecular weight excluding hydrogens is 357 g/mol. The summed E-state index contributed by atoms with van der Waals surface area (Å²) in [5.41, 5.74) is 16.8. The number of allylic oxidation sites excluding steroid dienone is 3. The number of hydrogen-bond donors (Lipinski definition) is 3. The second kappa shape index (κ2) is 8.62. The normalized spacial score (nSPS) is 17.8. The minimum absolute atomic E-state index is 0.0378. The predicted molar refractivity (Wildman–Crippen MR) is 87.2 cm³/mol. The van der Waals surface area contributed by atoms with Gasteiger partial charge in [-0.3, -0.25) is 0 Å². The van der Waals surface area contributed by atoms with Gasteiger partial charge in [0.25, 0.3) is 0 Å². The standard InChI is InChI=1S/C13H17Cl3F2N4/c14-11(20)5-10(13(16)21)22(4-3-19)6-7-8(17)1-2-9(18)12(7)15/h5H,1-4,6,19-21H2/b11-5-,13-10+. The molecule has 6 N–H and O–H groups in total. The van der Waals surface area contributed by atoms with Crippen LogP contribution in [-0.4, -0.2) is 24.5 Å². The highest BCUT2D eigenvalue weighted by atomic mass is 35.5. The van der Waals surface area contributed by atoms with Crippen LogP contribution < -0.4 is 17.2 Å². The minimum atomic E-state index is -0.553. The molecule has 0 aromatic carbocycles.